The van der Waals surface area contributed by atoms with Gasteiger partial charge in [0.2, 0.25) is 0 Å². The normalized spacial score (nSPS) is 11.5. The molecule has 0 aromatic heterocycles. The van der Waals surface area contributed by atoms with Crippen molar-refractivity contribution in [1.29, 1.82) is 0 Å². The smallest absolute Gasteiger partial charge is 0.339 e. The lowest BCUT2D eigenvalue weighted by Crippen LogP contribution is -2.30. The number of benzene rings is 2. The summed E-state index contributed by atoms with van der Waals surface area (Å²) in [7, 11) is 0. The number of phenols is 1. The largest absolute Gasteiger partial charge is 0.508 e. The first kappa shape index (κ1) is 18.2. The molecule has 1 unspecified atom stereocenters. The van der Waals surface area contributed by atoms with Crippen molar-refractivity contribution in [3.05, 3.63) is 59.2 Å². The SMILES string of the molecule is CC(=O)c1ccccc1NC(=O)C(C)OC(=O)c1ccc(C)c(O)c1. The van der Waals surface area contributed by atoms with Gasteiger partial charge in [-0.1, -0.05) is 18.2 Å². The van der Waals surface area contributed by atoms with Gasteiger partial charge in [0, 0.05) is 5.56 Å². The molecule has 2 aromatic carbocycles. The monoisotopic (exact) mass is 341 g/mol. The second-order valence-electron chi connectivity index (χ2n) is 5.64. The third-order valence-electron chi connectivity index (χ3n) is 3.66. The number of ketones is 1. The van der Waals surface area contributed by atoms with Gasteiger partial charge >= 0.3 is 5.97 Å². The lowest BCUT2D eigenvalue weighted by atomic mass is 10.1. The average molecular weight is 341 g/mol. The molecule has 0 aliphatic carbocycles. The van der Waals surface area contributed by atoms with Gasteiger partial charge in [0.1, 0.15) is 5.75 Å². The van der Waals surface area contributed by atoms with E-state index in [-0.39, 0.29) is 17.1 Å². The minimum atomic E-state index is -1.07. The van der Waals surface area contributed by atoms with Crippen molar-refractivity contribution >= 4 is 23.3 Å². The maximum atomic E-state index is 12.2. The molecule has 0 saturated carbocycles. The predicted octanol–water partition coefficient (Wildman–Crippen LogP) is 3.09. The van der Waals surface area contributed by atoms with Crippen LogP contribution in [0.3, 0.4) is 0 Å². The minimum Gasteiger partial charge on any atom is -0.508 e. The molecule has 2 N–H and O–H groups in total. The van der Waals surface area contributed by atoms with Crippen LogP contribution in [-0.2, 0) is 9.53 Å². The van der Waals surface area contributed by atoms with Crippen molar-refractivity contribution < 1.29 is 24.2 Å². The van der Waals surface area contributed by atoms with Crippen molar-refractivity contribution in [3.8, 4) is 5.75 Å². The maximum absolute atomic E-state index is 12.2. The van der Waals surface area contributed by atoms with Gasteiger partial charge in [-0.05, 0) is 50.6 Å². The van der Waals surface area contributed by atoms with E-state index in [1.807, 2.05) is 0 Å². The fourth-order valence-corrected chi connectivity index (χ4v) is 2.15. The summed E-state index contributed by atoms with van der Waals surface area (Å²) < 4.78 is 5.12. The Labute approximate surface area is 145 Å². The number of para-hydroxylation sites is 1. The van der Waals surface area contributed by atoms with E-state index in [9.17, 15) is 19.5 Å². The van der Waals surface area contributed by atoms with Crippen molar-refractivity contribution in [1.82, 2.24) is 0 Å². The Morgan fingerprint density at radius 2 is 1.80 bits per heavy atom. The quantitative estimate of drug-likeness (QED) is 0.644. The van der Waals surface area contributed by atoms with Crippen LogP contribution < -0.4 is 5.32 Å². The standard InChI is InChI=1S/C19H19NO5/c1-11-8-9-14(10-17(11)22)19(24)25-13(3)18(23)20-16-7-5-4-6-15(16)12(2)21/h4-10,13,22H,1-3H3,(H,20,23). The average Bonchev–Trinajstić information content (AvgIpc) is 2.57. The Hall–Kier alpha value is -3.15. The zero-order chi connectivity index (χ0) is 18.6. The fourth-order valence-electron chi connectivity index (χ4n) is 2.15. The Morgan fingerprint density at radius 1 is 1.12 bits per heavy atom. The van der Waals surface area contributed by atoms with Gasteiger partial charge in [-0.2, -0.15) is 0 Å². The minimum absolute atomic E-state index is 0.0260. The fraction of sp³-hybridized carbons (Fsp3) is 0.211. The molecule has 1 atom stereocenters. The third kappa shape index (κ3) is 4.44. The van der Waals surface area contributed by atoms with Crippen molar-refractivity contribution in [3.63, 3.8) is 0 Å². The van der Waals surface area contributed by atoms with E-state index >= 15 is 0 Å². The van der Waals surface area contributed by atoms with Gasteiger partial charge in [-0.25, -0.2) is 4.79 Å². The number of carbonyl (C=O) groups excluding carboxylic acids is 3. The summed E-state index contributed by atoms with van der Waals surface area (Å²) in [6, 6.07) is 11.0. The van der Waals surface area contributed by atoms with Gasteiger partial charge in [-0.3, -0.25) is 9.59 Å². The first-order chi connectivity index (χ1) is 11.8. The second kappa shape index (κ2) is 7.61. The van der Waals surface area contributed by atoms with Crippen molar-refractivity contribution in [2.24, 2.45) is 0 Å². The van der Waals surface area contributed by atoms with Gasteiger partial charge in [0.05, 0.1) is 11.3 Å². The molecular weight excluding hydrogens is 322 g/mol. The molecule has 2 aromatic rings. The van der Waals surface area contributed by atoms with Crippen LogP contribution in [0, 0.1) is 6.92 Å². The number of nitrogens with one attached hydrogen (secondary N) is 1. The molecule has 1 amide bonds. The highest BCUT2D eigenvalue weighted by Gasteiger charge is 2.20. The molecule has 130 valence electrons. The van der Waals surface area contributed by atoms with Crippen LogP contribution >= 0.6 is 0 Å². The van der Waals surface area contributed by atoms with Crippen LogP contribution in [0.5, 0.6) is 5.75 Å². The summed E-state index contributed by atoms with van der Waals surface area (Å²) >= 11 is 0. The summed E-state index contributed by atoms with van der Waals surface area (Å²) in [5.41, 5.74) is 1.50. The first-order valence-corrected chi connectivity index (χ1v) is 7.71. The predicted molar refractivity (Wildman–Crippen MR) is 92.8 cm³/mol. The summed E-state index contributed by atoms with van der Waals surface area (Å²) in [6.45, 7) is 4.53. The zero-order valence-corrected chi connectivity index (χ0v) is 14.2. The zero-order valence-electron chi connectivity index (χ0n) is 14.2. The van der Waals surface area contributed by atoms with E-state index in [1.165, 1.54) is 26.0 Å². The molecule has 0 bridgehead atoms. The summed E-state index contributed by atoms with van der Waals surface area (Å²) in [6.07, 6.45) is -1.07. The van der Waals surface area contributed by atoms with Crippen LogP contribution in [0.2, 0.25) is 0 Å². The van der Waals surface area contributed by atoms with Crippen LogP contribution in [-0.4, -0.2) is 28.9 Å². The van der Waals surface area contributed by atoms with Crippen LogP contribution in [0.15, 0.2) is 42.5 Å². The number of amides is 1. The van der Waals surface area contributed by atoms with E-state index in [2.05, 4.69) is 5.32 Å². The molecule has 25 heavy (non-hydrogen) atoms. The molecule has 0 saturated heterocycles. The molecular formula is C19H19NO5. The third-order valence-corrected chi connectivity index (χ3v) is 3.66. The number of hydrogen-bond acceptors (Lipinski definition) is 5. The number of ether oxygens (including phenoxy) is 1. The lowest BCUT2D eigenvalue weighted by Gasteiger charge is -2.15. The molecule has 6 heteroatoms. The first-order valence-electron chi connectivity index (χ1n) is 7.71. The molecule has 2 rings (SSSR count). The van der Waals surface area contributed by atoms with E-state index in [1.54, 1.807) is 37.3 Å². The van der Waals surface area contributed by atoms with Crippen LogP contribution in [0.4, 0.5) is 5.69 Å². The topological polar surface area (TPSA) is 92.7 Å². The number of anilines is 1. The van der Waals surface area contributed by atoms with Gasteiger partial charge in [0.15, 0.2) is 11.9 Å². The Kier molecular flexibility index (Phi) is 5.54. The number of aromatic hydroxyl groups is 1. The van der Waals surface area contributed by atoms with Gasteiger partial charge in [-0.15, -0.1) is 0 Å². The molecule has 0 fully saturated rings. The molecule has 0 spiro atoms. The van der Waals surface area contributed by atoms with E-state index in [0.29, 0.717) is 16.8 Å². The highest BCUT2D eigenvalue weighted by molar-refractivity contribution is 6.05. The van der Waals surface area contributed by atoms with Crippen molar-refractivity contribution in [2.45, 2.75) is 26.9 Å². The number of phenolic OH excluding ortho intramolecular Hbond substituents is 1. The molecule has 0 aliphatic rings. The Balaban J connectivity index is 2.06. The number of Topliss-reactive ketones (excluding diaryl/α,β-unsaturated/α-hetero) is 1. The summed E-state index contributed by atoms with van der Waals surface area (Å²) in [5, 5.41) is 12.2. The highest BCUT2D eigenvalue weighted by Crippen LogP contribution is 2.19. The molecule has 0 heterocycles. The highest BCUT2D eigenvalue weighted by atomic mass is 16.5. The number of aryl methyl sites for hydroxylation is 1. The summed E-state index contributed by atoms with van der Waals surface area (Å²) in [5.74, 6) is -1.49. The molecule has 0 radical (unpaired) electrons. The van der Waals surface area contributed by atoms with Crippen LogP contribution in [0.1, 0.15) is 40.1 Å². The number of rotatable bonds is 5. The number of esters is 1. The summed E-state index contributed by atoms with van der Waals surface area (Å²) in [4.78, 5) is 35.9. The molecule has 0 aliphatic heterocycles. The van der Waals surface area contributed by atoms with E-state index < -0.39 is 18.0 Å². The number of carbonyl (C=O) groups is 3. The van der Waals surface area contributed by atoms with Gasteiger partial charge < -0.3 is 15.2 Å². The van der Waals surface area contributed by atoms with Crippen LogP contribution in [0.25, 0.3) is 0 Å². The molecule has 6 nitrogen and oxygen atoms in total. The number of hydrogen-bond donors (Lipinski definition) is 2. The van der Waals surface area contributed by atoms with E-state index in [4.69, 9.17) is 4.74 Å². The van der Waals surface area contributed by atoms with Gasteiger partial charge in [0.25, 0.3) is 5.91 Å². The second-order valence-corrected chi connectivity index (χ2v) is 5.64. The Morgan fingerprint density at radius 3 is 2.44 bits per heavy atom. The van der Waals surface area contributed by atoms with Crippen molar-refractivity contribution in [2.75, 3.05) is 5.32 Å². The maximum Gasteiger partial charge on any atom is 0.339 e. The Bertz CT molecular complexity index is 828. The van der Waals surface area contributed by atoms with E-state index in [0.717, 1.165) is 0 Å². The lowest BCUT2D eigenvalue weighted by molar-refractivity contribution is -0.123.